The summed E-state index contributed by atoms with van der Waals surface area (Å²) in [5, 5.41) is 6.93. The van der Waals surface area contributed by atoms with E-state index in [0.29, 0.717) is 6.42 Å². The number of sulfone groups is 1. The van der Waals surface area contributed by atoms with Crippen LogP contribution in [0.5, 0.6) is 0 Å². The lowest BCUT2D eigenvalue weighted by molar-refractivity contribution is -0.122. The van der Waals surface area contributed by atoms with Crippen LogP contribution in [0.3, 0.4) is 0 Å². The fourth-order valence-corrected chi connectivity index (χ4v) is 4.23. The fraction of sp³-hybridized carbons (Fsp3) is 0.333. The van der Waals surface area contributed by atoms with E-state index in [0.717, 1.165) is 11.1 Å². The Hall–Kier alpha value is -2.15. The minimum Gasteiger partial charge on any atom is -0.351 e. The molecule has 1 aromatic heterocycles. The van der Waals surface area contributed by atoms with Crippen LogP contribution in [0.4, 0.5) is 0 Å². The molecule has 1 fully saturated rings. The average Bonchev–Trinajstić information content (AvgIpc) is 3.06. The molecule has 1 atom stereocenters. The molecule has 1 aliphatic heterocycles. The van der Waals surface area contributed by atoms with E-state index in [-0.39, 0.29) is 30.0 Å². The third-order valence-corrected chi connectivity index (χ3v) is 5.41. The summed E-state index contributed by atoms with van der Waals surface area (Å²) in [5.41, 5.74) is 1.98. The highest BCUT2D eigenvalue weighted by Crippen LogP contribution is 2.17. The molecule has 1 aliphatic rings. The molecule has 22 heavy (non-hydrogen) atoms. The minimum absolute atomic E-state index is 0.0348. The second-order valence-corrected chi connectivity index (χ2v) is 7.69. The van der Waals surface area contributed by atoms with Crippen molar-refractivity contribution in [1.82, 2.24) is 15.1 Å². The number of nitrogens with zero attached hydrogens (tertiary/aromatic N) is 2. The first-order chi connectivity index (χ1) is 10.5. The Kier molecular flexibility index (Phi) is 3.98. The van der Waals surface area contributed by atoms with Gasteiger partial charge in [-0.1, -0.05) is 30.3 Å². The predicted octanol–water partition coefficient (Wildman–Crippen LogP) is 0.853. The highest BCUT2D eigenvalue weighted by atomic mass is 32.2. The molecule has 1 saturated heterocycles. The largest absolute Gasteiger partial charge is 0.351 e. The quantitative estimate of drug-likeness (QED) is 0.906. The third-order valence-electron chi connectivity index (χ3n) is 3.64. The Morgan fingerprint density at radius 2 is 2.05 bits per heavy atom. The maximum Gasteiger partial charge on any atom is 0.241 e. The number of carbonyl (C=O) groups is 1. The van der Waals surface area contributed by atoms with E-state index in [9.17, 15) is 13.2 Å². The average molecular weight is 319 g/mol. The molecule has 6 nitrogen and oxygen atoms in total. The number of carbonyl (C=O) groups excluding carboxylic acids is 1. The van der Waals surface area contributed by atoms with Crippen LogP contribution < -0.4 is 5.32 Å². The molecule has 0 radical (unpaired) electrons. The summed E-state index contributed by atoms with van der Waals surface area (Å²) in [7, 11) is -2.98. The lowest BCUT2D eigenvalue weighted by Gasteiger charge is -2.10. The number of aromatic nitrogens is 2. The SMILES string of the molecule is O=C(Cn1cc(-c2ccccc2)cn1)N[C@@H]1CCS(=O)(=O)C1. The highest BCUT2D eigenvalue weighted by Gasteiger charge is 2.28. The first kappa shape index (κ1) is 14.8. The van der Waals surface area contributed by atoms with Crippen LogP contribution in [0.1, 0.15) is 6.42 Å². The van der Waals surface area contributed by atoms with Gasteiger partial charge >= 0.3 is 0 Å². The van der Waals surface area contributed by atoms with Gasteiger partial charge in [0.25, 0.3) is 0 Å². The van der Waals surface area contributed by atoms with Gasteiger partial charge in [-0.2, -0.15) is 5.10 Å². The molecule has 7 heteroatoms. The van der Waals surface area contributed by atoms with Gasteiger partial charge in [0.1, 0.15) is 6.54 Å². The topological polar surface area (TPSA) is 81.1 Å². The Labute approximate surface area is 129 Å². The molecule has 0 unspecified atom stereocenters. The zero-order valence-corrected chi connectivity index (χ0v) is 12.8. The van der Waals surface area contributed by atoms with E-state index >= 15 is 0 Å². The maximum atomic E-state index is 12.0. The van der Waals surface area contributed by atoms with Crippen molar-refractivity contribution < 1.29 is 13.2 Å². The van der Waals surface area contributed by atoms with Crippen molar-refractivity contribution in [3.63, 3.8) is 0 Å². The van der Waals surface area contributed by atoms with Gasteiger partial charge in [0.05, 0.1) is 17.7 Å². The lowest BCUT2D eigenvalue weighted by Crippen LogP contribution is -2.37. The van der Waals surface area contributed by atoms with E-state index in [1.165, 1.54) is 0 Å². The molecule has 0 aliphatic carbocycles. The molecule has 1 amide bonds. The van der Waals surface area contributed by atoms with Crippen LogP contribution >= 0.6 is 0 Å². The molecule has 3 rings (SSSR count). The summed E-state index contributed by atoms with van der Waals surface area (Å²) in [4.78, 5) is 12.0. The van der Waals surface area contributed by atoms with Crippen LogP contribution in [0.15, 0.2) is 42.7 Å². The molecule has 116 valence electrons. The fourth-order valence-electron chi connectivity index (χ4n) is 2.56. The summed E-state index contributed by atoms with van der Waals surface area (Å²) in [6, 6.07) is 9.51. The third kappa shape index (κ3) is 3.54. The number of amides is 1. The van der Waals surface area contributed by atoms with Crippen LogP contribution in [0.25, 0.3) is 11.1 Å². The Morgan fingerprint density at radius 3 is 2.73 bits per heavy atom. The highest BCUT2D eigenvalue weighted by molar-refractivity contribution is 7.91. The zero-order valence-electron chi connectivity index (χ0n) is 12.0. The van der Waals surface area contributed by atoms with Gasteiger partial charge in [0.2, 0.25) is 5.91 Å². The summed E-state index contributed by atoms with van der Waals surface area (Å²) in [5.74, 6) is -0.0323. The van der Waals surface area contributed by atoms with Gasteiger partial charge in [-0.25, -0.2) is 8.42 Å². The second-order valence-electron chi connectivity index (χ2n) is 5.46. The van der Waals surface area contributed by atoms with Crippen molar-refractivity contribution in [3.8, 4) is 11.1 Å². The van der Waals surface area contributed by atoms with Gasteiger partial charge in [-0.3, -0.25) is 9.48 Å². The Morgan fingerprint density at radius 1 is 1.27 bits per heavy atom. The van der Waals surface area contributed by atoms with Gasteiger partial charge < -0.3 is 5.32 Å². The van der Waals surface area contributed by atoms with Gasteiger partial charge in [-0.15, -0.1) is 0 Å². The van der Waals surface area contributed by atoms with E-state index in [1.54, 1.807) is 17.1 Å². The summed E-state index contributed by atoms with van der Waals surface area (Å²) in [6.45, 7) is 0.0867. The molecular weight excluding hydrogens is 302 g/mol. The number of hydrogen-bond acceptors (Lipinski definition) is 4. The molecule has 0 spiro atoms. The van der Waals surface area contributed by atoms with Crippen LogP contribution in [-0.2, 0) is 21.2 Å². The molecular formula is C15H17N3O3S. The first-order valence-electron chi connectivity index (χ1n) is 7.09. The standard InChI is InChI=1S/C15H17N3O3S/c19-15(17-14-6-7-22(20,21)11-14)10-18-9-13(8-16-18)12-4-2-1-3-5-12/h1-5,8-9,14H,6-7,10-11H2,(H,17,19)/t14-/m1/s1. The van der Waals surface area contributed by atoms with Gasteiger partial charge in [-0.05, 0) is 12.0 Å². The van der Waals surface area contributed by atoms with Gasteiger partial charge in [0.15, 0.2) is 9.84 Å². The van der Waals surface area contributed by atoms with Crippen LogP contribution in [0, 0.1) is 0 Å². The Balaban J connectivity index is 1.60. The number of nitrogens with one attached hydrogen (secondary N) is 1. The lowest BCUT2D eigenvalue weighted by atomic mass is 10.1. The number of rotatable bonds is 4. The maximum absolute atomic E-state index is 12.0. The summed E-state index contributed by atoms with van der Waals surface area (Å²) in [6.07, 6.45) is 4.01. The van der Waals surface area contributed by atoms with Crippen molar-refractivity contribution in [2.75, 3.05) is 11.5 Å². The van der Waals surface area contributed by atoms with Crippen molar-refractivity contribution in [2.24, 2.45) is 0 Å². The zero-order chi connectivity index (χ0) is 15.6. The normalized spacial score (nSPS) is 19.9. The van der Waals surface area contributed by atoms with Crippen molar-refractivity contribution in [3.05, 3.63) is 42.7 Å². The summed E-state index contributed by atoms with van der Waals surface area (Å²) >= 11 is 0. The molecule has 1 N–H and O–H groups in total. The first-order valence-corrected chi connectivity index (χ1v) is 8.92. The van der Waals surface area contributed by atoms with Crippen LogP contribution in [-0.4, -0.2) is 41.7 Å². The van der Waals surface area contributed by atoms with Crippen molar-refractivity contribution in [1.29, 1.82) is 0 Å². The van der Waals surface area contributed by atoms with Gasteiger partial charge in [0, 0.05) is 17.8 Å². The molecule has 1 aromatic carbocycles. The smallest absolute Gasteiger partial charge is 0.241 e. The van der Waals surface area contributed by atoms with E-state index in [4.69, 9.17) is 0 Å². The van der Waals surface area contributed by atoms with Crippen molar-refractivity contribution >= 4 is 15.7 Å². The predicted molar refractivity (Wildman–Crippen MR) is 82.9 cm³/mol. The van der Waals surface area contributed by atoms with Crippen molar-refractivity contribution in [2.45, 2.75) is 19.0 Å². The monoisotopic (exact) mass is 319 g/mol. The molecule has 2 aromatic rings. The molecule has 0 saturated carbocycles. The number of benzene rings is 1. The molecule has 2 heterocycles. The summed E-state index contributed by atoms with van der Waals surface area (Å²) < 4.78 is 24.3. The Bertz CT molecular complexity index is 768. The second kappa shape index (κ2) is 5.92. The van der Waals surface area contributed by atoms with E-state index in [2.05, 4.69) is 10.4 Å². The number of hydrogen-bond donors (Lipinski definition) is 1. The van der Waals surface area contributed by atoms with E-state index in [1.807, 2.05) is 30.3 Å². The van der Waals surface area contributed by atoms with E-state index < -0.39 is 9.84 Å². The molecule has 0 bridgehead atoms. The van der Waals surface area contributed by atoms with Crippen LogP contribution in [0.2, 0.25) is 0 Å². The minimum atomic E-state index is -2.98.